The second kappa shape index (κ2) is 6.64. The van der Waals surface area contributed by atoms with E-state index in [1.807, 2.05) is 13.8 Å². The highest BCUT2D eigenvalue weighted by molar-refractivity contribution is 5.95. The third kappa shape index (κ3) is 3.47. The summed E-state index contributed by atoms with van der Waals surface area (Å²) in [6.07, 6.45) is 0.913. The average molecular weight is 303 g/mol. The minimum Gasteiger partial charge on any atom is -0.497 e. The number of carboxylic acids is 1. The maximum absolute atomic E-state index is 12.5. The highest BCUT2D eigenvalue weighted by Crippen LogP contribution is 2.35. The summed E-state index contributed by atoms with van der Waals surface area (Å²) in [5.74, 6) is -1.75. The van der Waals surface area contributed by atoms with Crippen molar-refractivity contribution in [2.24, 2.45) is 11.8 Å². The number of carboxylic acid groups (broad SMARTS) is 1. The van der Waals surface area contributed by atoms with Crippen LogP contribution in [0.5, 0.6) is 5.75 Å². The molecule has 0 saturated heterocycles. The molecule has 22 heavy (non-hydrogen) atoms. The smallest absolute Gasteiger partial charge is 0.307 e. The molecule has 118 valence electrons. The summed E-state index contributed by atoms with van der Waals surface area (Å²) >= 11 is 0. The van der Waals surface area contributed by atoms with E-state index < -0.39 is 17.8 Å². The Morgan fingerprint density at radius 2 is 1.82 bits per heavy atom. The fourth-order valence-corrected chi connectivity index (χ4v) is 2.76. The first-order valence-corrected chi connectivity index (χ1v) is 7.25. The van der Waals surface area contributed by atoms with E-state index in [-0.39, 0.29) is 5.91 Å². The molecule has 5 heteroatoms. The molecular formula is C17H21NO4. The highest BCUT2D eigenvalue weighted by Gasteiger charge is 2.37. The number of rotatable bonds is 4. The molecule has 0 spiro atoms. The lowest BCUT2D eigenvalue weighted by atomic mass is 9.76. The van der Waals surface area contributed by atoms with Crippen molar-refractivity contribution in [3.63, 3.8) is 0 Å². The minimum absolute atomic E-state index is 0.257. The molecule has 1 amide bonds. The van der Waals surface area contributed by atoms with Crippen LogP contribution < -0.4 is 10.1 Å². The van der Waals surface area contributed by atoms with Gasteiger partial charge in [-0.15, -0.1) is 0 Å². The molecule has 2 N–H and O–H groups in total. The number of amides is 1. The molecule has 0 radical (unpaired) electrons. The number of nitrogens with one attached hydrogen (secondary N) is 1. The van der Waals surface area contributed by atoms with Crippen molar-refractivity contribution in [1.82, 2.24) is 0 Å². The number of allylic oxidation sites excluding steroid dienone is 2. The maximum atomic E-state index is 12.5. The molecule has 0 fully saturated rings. The largest absolute Gasteiger partial charge is 0.497 e. The second-order valence-electron chi connectivity index (χ2n) is 5.74. The Bertz CT molecular complexity index is 621. The standard InChI is InChI=1S/C17H21NO4/c1-10-7-14(15(17(20)21)8-11(10)2)16(19)18-12-5-4-6-13(9-12)22-3/h4-6,9,14-15H,7-8H2,1-3H3,(H,18,19)(H,20,21)/t14-,15+/m1/s1. The zero-order valence-electron chi connectivity index (χ0n) is 13.1. The summed E-state index contributed by atoms with van der Waals surface area (Å²) in [6, 6.07) is 7.03. The normalized spacial score (nSPS) is 21.4. The van der Waals surface area contributed by atoms with Crippen LogP contribution in [-0.2, 0) is 9.59 Å². The molecule has 1 aromatic carbocycles. The number of aliphatic carboxylic acids is 1. The van der Waals surface area contributed by atoms with E-state index in [1.165, 1.54) is 0 Å². The van der Waals surface area contributed by atoms with Crippen LogP contribution >= 0.6 is 0 Å². The van der Waals surface area contributed by atoms with E-state index in [1.54, 1.807) is 31.4 Å². The fourth-order valence-electron chi connectivity index (χ4n) is 2.76. The van der Waals surface area contributed by atoms with E-state index in [4.69, 9.17) is 4.74 Å². The van der Waals surface area contributed by atoms with Crippen LogP contribution in [0.25, 0.3) is 0 Å². The molecule has 5 nitrogen and oxygen atoms in total. The number of carbonyl (C=O) groups excluding carboxylic acids is 1. The fraction of sp³-hybridized carbons (Fsp3) is 0.412. The Morgan fingerprint density at radius 1 is 1.18 bits per heavy atom. The lowest BCUT2D eigenvalue weighted by Crippen LogP contribution is -2.36. The summed E-state index contributed by atoms with van der Waals surface area (Å²) in [4.78, 5) is 23.9. The molecule has 0 aliphatic heterocycles. The van der Waals surface area contributed by atoms with Crippen LogP contribution in [0.3, 0.4) is 0 Å². The third-order valence-electron chi connectivity index (χ3n) is 4.26. The van der Waals surface area contributed by atoms with Gasteiger partial charge in [0.05, 0.1) is 18.9 Å². The Hall–Kier alpha value is -2.30. The van der Waals surface area contributed by atoms with E-state index >= 15 is 0 Å². The quantitative estimate of drug-likeness (QED) is 0.838. The van der Waals surface area contributed by atoms with Crippen molar-refractivity contribution in [3.05, 3.63) is 35.4 Å². The van der Waals surface area contributed by atoms with Crippen LogP contribution in [0.1, 0.15) is 26.7 Å². The van der Waals surface area contributed by atoms with Gasteiger partial charge in [0.15, 0.2) is 0 Å². The monoisotopic (exact) mass is 303 g/mol. The third-order valence-corrected chi connectivity index (χ3v) is 4.26. The number of anilines is 1. The number of ether oxygens (including phenoxy) is 1. The van der Waals surface area contributed by atoms with Gasteiger partial charge >= 0.3 is 5.97 Å². The molecule has 2 rings (SSSR count). The minimum atomic E-state index is -0.919. The first kappa shape index (κ1) is 16.1. The van der Waals surface area contributed by atoms with E-state index in [0.717, 1.165) is 11.1 Å². The molecule has 0 heterocycles. The number of hydrogen-bond donors (Lipinski definition) is 2. The number of benzene rings is 1. The molecule has 0 unspecified atom stereocenters. The van der Waals surface area contributed by atoms with Crippen molar-refractivity contribution in [3.8, 4) is 5.75 Å². The van der Waals surface area contributed by atoms with E-state index in [9.17, 15) is 14.7 Å². The zero-order chi connectivity index (χ0) is 16.3. The number of hydrogen-bond acceptors (Lipinski definition) is 3. The predicted octanol–water partition coefficient (Wildman–Crippen LogP) is 3.08. The van der Waals surface area contributed by atoms with Gasteiger partial charge in [-0.25, -0.2) is 0 Å². The SMILES string of the molecule is COc1cccc(NC(=O)[C@@H]2CC(C)=C(C)C[C@@H]2C(=O)O)c1. The van der Waals surface area contributed by atoms with Crippen molar-refractivity contribution < 1.29 is 19.4 Å². The lowest BCUT2D eigenvalue weighted by molar-refractivity contribution is -0.146. The Kier molecular flexibility index (Phi) is 4.85. The molecule has 1 aromatic rings. The van der Waals surface area contributed by atoms with Gasteiger partial charge in [0, 0.05) is 11.8 Å². The van der Waals surface area contributed by atoms with Gasteiger partial charge in [-0.2, -0.15) is 0 Å². The van der Waals surface area contributed by atoms with Gasteiger partial charge in [-0.3, -0.25) is 9.59 Å². The van der Waals surface area contributed by atoms with Crippen LogP contribution in [0, 0.1) is 11.8 Å². The molecular weight excluding hydrogens is 282 g/mol. The number of methoxy groups -OCH3 is 1. The van der Waals surface area contributed by atoms with Gasteiger partial charge in [-0.1, -0.05) is 17.2 Å². The van der Waals surface area contributed by atoms with E-state index in [0.29, 0.717) is 24.3 Å². The van der Waals surface area contributed by atoms with E-state index in [2.05, 4.69) is 5.32 Å². The summed E-state index contributed by atoms with van der Waals surface area (Å²) in [6.45, 7) is 3.89. The average Bonchev–Trinajstić information content (AvgIpc) is 2.49. The molecule has 0 aromatic heterocycles. The predicted molar refractivity (Wildman–Crippen MR) is 83.8 cm³/mol. The first-order valence-electron chi connectivity index (χ1n) is 7.25. The highest BCUT2D eigenvalue weighted by atomic mass is 16.5. The molecule has 0 saturated carbocycles. The van der Waals surface area contributed by atoms with Gasteiger partial charge in [0.1, 0.15) is 5.75 Å². The molecule has 1 aliphatic rings. The summed E-state index contributed by atoms with van der Waals surface area (Å²) in [7, 11) is 1.56. The molecule has 2 atom stereocenters. The van der Waals surface area contributed by atoms with Crippen molar-refractivity contribution in [2.45, 2.75) is 26.7 Å². The van der Waals surface area contributed by atoms with Crippen molar-refractivity contribution in [2.75, 3.05) is 12.4 Å². The van der Waals surface area contributed by atoms with Crippen molar-refractivity contribution in [1.29, 1.82) is 0 Å². The lowest BCUT2D eigenvalue weighted by Gasteiger charge is -2.29. The van der Waals surface area contributed by atoms with Crippen LogP contribution in [-0.4, -0.2) is 24.1 Å². The second-order valence-corrected chi connectivity index (χ2v) is 5.74. The maximum Gasteiger partial charge on any atom is 0.307 e. The molecule has 1 aliphatic carbocycles. The van der Waals surface area contributed by atoms with Gasteiger partial charge in [0.2, 0.25) is 5.91 Å². The topological polar surface area (TPSA) is 75.6 Å². The summed E-state index contributed by atoms with van der Waals surface area (Å²) in [5.41, 5.74) is 2.78. The Balaban J connectivity index is 2.18. The van der Waals surface area contributed by atoms with Gasteiger partial charge in [-0.05, 0) is 38.8 Å². The van der Waals surface area contributed by atoms with Gasteiger partial charge in [0.25, 0.3) is 0 Å². The Labute approximate surface area is 130 Å². The zero-order valence-corrected chi connectivity index (χ0v) is 13.1. The Morgan fingerprint density at radius 3 is 2.41 bits per heavy atom. The van der Waals surface area contributed by atoms with Crippen molar-refractivity contribution >= 4 is 17.6 Å². The summed E-state index contributed by atoms with van der Waals surface area (Å²) in [5, 5.41) is 12.2. The van der Waals surface area contributed by atoms with Crippen LogP contribution in [0.4, 0.5) is 5.69 Å². The van der Waals surface area contributed by atoms with Crippen LogP contribution in [0.2, 0.25) is 0 Å². The summed E-state index contributed by atoms with van der Waals surface area (Å²) < 4.78 is 5.12. The van der Waals surface area contributed by atoms with Gasteiger partial charge < -0.3 is 15.2 Å². The number of carbonyl (C=O) groups is 2. The molecule has 0 bridgehead atoms. The first-order chi connectivity index (χ1) is 10.4. The van der Waals surface area contributed by atoms with Crippen LogP contribution in [0.15, 0.2) is 35.4 Å².